The lowest BCUT2D eigenvalue weighted by Crippen LogP contribution is -2.32. The van der Waals surface area contributed by atoms with Crippen LogP contribution >= 0.6 is 23.1 Å². The zero-order valence-corrected chi connectivity index (χ0v) is 19.9. The number of fused-ring (bicyclic) bond motifs is 5. The lowest BCUT2D eigenvalue weighted by atomic mass is 9.88. The van der Waals surface area contributed by atoms with E-state index in [1.54, 1.807) is 17.7 Å². The number of rotatable bonds is 6. The lowest BCUT2D eigenvalue weighted by molar-refractivity contribution is -0.0401. The van der Waals surface area contributed by atoms with Crippen LogP contribution in [0.1, 0.15) is 49.6 Å². The smallest absolute Gasteiger partial charge is 0.126 e. The van der Waals surface area contributed by atoms with Crippen LogP contribution in [0.15, 0.2) is 41.7 Å². The molecule has 160 valence electrons. The Balaban J connectivity index is 1.57. The van der Waals surface area contributed by atoms with Crippen LogP contribution in [0.3, 0.4) is 0 Å². The summed E-state index contributed by atoms with van der Waals surface area (Å²) in [6.07, 6.45) is 5.71. The molecule has 0 fully saturated rings. The Hall–Kier alpha value is -2.02. The first kappa shape index (κ1) is 20.9. The van der Waals surface area contributed by atoms with Crippen molar-refractivity contribution in [2.24, 2.45) is 0 Å². The highest BCUT2D eigenvalue weighted by atomic mass is 32.2. The minimum absolute atomic E-state index is 0.167. The summed E-state index contributed by atoms with van der Waals surface area (Å²) >= 11 is 3.57. The first-order valence-electron chi connectivity index (χ1n) is 10.9. The zero-order valence-electron chi connectivity index (χ0n) is 18.3. The molecule has 4 aromatic rings. The van der Waals surface area contributed by atoms with E-state index < -0.39 is 0 Å². The molecular weight excluding hydrogens is 422 g/mol. The molecule has 6 heteroatoms. The largest absolute Gasteiger partial charge is 0.370 e. The molecule has 0 aliphatic carbocycles. The summed E-state index contributed by atoms with van der Waals surface area (Å²) in [7, 11) is 0. The van der Waals surface area contributed by atoms with Crippen LogP contribution < -0.4 is 0 Å². The first-order chi connectivity index (χ1) is 15.1. The predicted octanol–water partition coefficient (Wildman–Crippen LogP) is 6.38. The number of pyridine rings is 1. The average molecular weight is 450 g/mol. The third-order valence-corrected chi connectivity index (χ3v) is 8.04. The fourth-order valence-electron chi connectivity index (χ4n) is 4.31. The molecule has 0 N–H and O–H groups in total. The molecule has 0 saturated heterocycles. The molecule has 0 amide bonds. The van der Waals surface area contributed by atoms with Gasteiger partial charge in [-0.2, -0.15) is 0 Å². The summed E-state index contributed by atoms with van der Waals surface area (Å²) in [4.78, 5) is 15.6. The Bertz CT molecular complexity index is 1230. The van der Waals surface area contributed by atoms with Crippen LogP contribution in [-0.2, 0) is 30.6 Å². The topological polar surface area (TPSA) is 47.9 Å². The van der Waals surface area contributed by atoms with Crippen LogP contribution in [-0.4, -0.2) is 26.3 Å². The second-order valence-electron chi connectivity index (χ2n) is 8.71. The van der Waals surface area contributed by atoms with Crippen molar-refractivity contribution < 1.29 is 4.74 Å². The van der Waals surface area contributed by atoms with E-state index in [2.05, 4.69) is 56.1 Å². The molecule has 1 aliphatic heterocycles. The minimum atomic E-state index is -0.167. The van der Waals surface area contributed by atoms with Crippen molar-refractivity contribution >= 4 is 43.5 Å². The summed E-state index contributed by atoms with van der Waals surface area (Å²) in [5, 5.41) is 2.29. The SMILES string of the molecule is CCCc1nc2sc3c(SCCc4ccccc4)ncnc3c2c2c1COC(C)(C)C2. The van der Waals surface area contributed by atoms with E-state index in [0.717, 1.165) is 46.8 Å². The predicted molar refractivity (Wildman–Crippen MR) is 130 cm³/mol. The van der Waals surface area contributed by atoms with Crippen molar-refractivity contribution in [3.05, 3.63) is 59.0 Å². The van der Waals surface area contributed by atoms with Crippen molar-refractivity contribution in [1.82, 2.24) is 15.0 Å². The molecule has 0 unspecified atom stereocenters. The number of ether oxygens (including phenoxy) is 1. The highest BCUT2D eigenvalue weighted by Crippen LogP contribution is 2.42. The maximum absolute atomic E-state index is 6.16. The van der Waals surface area contributed by atoms with Crippen molar-refractivity contribution in [2.45, 2.75) is 63.7 Å². The summed E-state index contributed by atoms with van der Waals surface area (Å²) in [5.74, 6) is 0.998. The molecule has 0 radical (unpaired) electrons. The van der Waals surface area contributed by atoms with Crippen molar-refractivity contribution in [3.8, 4) is 0 Å². The molecule has 31 heavy (non-hydrogen) atoms. The van der Waals surface area contributed by atoms with Crippen LogP contribution in [0.4, 0.5) is 0 Å². The van der Waals surface area contributed by atoms with Gasteiger partial charge in [-0.1, -0.05) is 43.7 Å². The Kier molecular flexibility index (Phi) is 5.71. The molecule has 4 nitrogen and oxygen atoms in total. The molecule has 4 heterocycles. The maximum atomic E-state index is 6.16. The molecule has 0 bridgehead atoms. The lowest BCUT2D eigenvalue weighted by Gasteiger charge is -2.33. The van der Waals surface area contributed by atoms with Gasteiger partial charge in [0, 0.05) is 28.8 Å². The van der Waals surface area contributed by atoms with E-state index in [1.165, 1.54) is 32.5 Å². The Morgan fingerprint density at radius 2 is 1.94 bits per heavy atom. The third kappa shape index (κ3) is 4.09. The summed E-state index contributed by atoms with van der Waals surface area (Å²) in [6, 6.07) is 10.6. The number of thiophene rings is 1. The number of benzene rings is 1. The van der Waals surface area contributed by atoms with Gasteiger partial charge in [0.25, 0.3) is 0 Å². The third-order valence-electron chi connectivity index (χ3n) is 5.84. The van der Waals surface area contributed by atoms with E-state index in [9.17, 15) is 0 Å². The molecule has 5 rings (SSSR count). The van der Waals surface area contributed by atoms with Gasteiger partial charge < -0.3 is 4.74 Å². The Morgan fingerprint density at radius 3 is 2.74 bits per heavy atom. The molecular formula is C25H27N3OS2. The van der Waals surface area contributed by atoms with Gasteiger partial charge in [0.2, 0.25) is 0 Å². The Labute approximate surface area is 191 Å². The van der Waals surface area contributed by atoms with Crippen molar-refractivity contribution in [2.75, 3.05) is 5.75 Å². The highest BCUT2D eigenvalue weighted by molar-refractivity contribution is 7.99. The van der Waals surface area contributed by atoms with Crippen LogP contribution in [0.2, 0.25) is 0 Å². The second-order valence-corrected chi connectivity index (χ2v) is 10.8. The van der Waals surface area contributed by atoms with Crippen LogP contribution in [0, 0.1) is 0 Å². The number of aryl methyl sites for hydroxylation is 2. The summed E-state index contributed by atoms with van der Waals surface area (Å²) in [6.45, 7) is 7.21. The first-order valence-corrected chi connectivity index (χ1v) is 12.7. The van der Waals surface area contributed by atoms with E-state index in [1.807, 2.05) is 11.8 Å². The van der Waals surface area contributed by atoms with Gasteiger partial charge in [0.15, 0.2) is 0 Å². The average Bonchev–Trinajstić information content (AvgIpc) is 3.13. The number of thioether (sulfide) groups is 1. The fourth-order valence-corrected chi connectivity index (χ4v) is 6.55. The molecule has 0 atom stereocenters. The monoisotopic (exact) mass is 449 g/mol. The Morgan fingerprint density at radius 1 is 1.10 bits per heavy atom. The minimum Gasteiger partial charge on any atom is -0.370 e. The molecule has 3 aromatic heterocycles. The van der Waals surface area contributed by atoms with E-state index in [-0.39, 0.29) is 5.60 Å². The second kappa shape index (κ2) is 8.49. The molecule has 0 saturated carbocycles. The number of aromatic nitrogens is 3. The van der Waals surface area contributed by atoms with Crippen molar-refractivity contribution in [1.29, 1.82) is 0 Å². The van der Waals surface area contributed by atoms with Gasteiger partial charge in [0.05, 0.1) is 22.4 Å². The van der Waals surface area contributed by atoms with Gasteiger partial charge in [-0.05, 0) is 37.8 Å². The maximum Gasteiger partial charge on any atom is 0.126 e. The van der Waals surface area contributed by atoms with Gasteiger partial charge in [-0.15, -0.1) is 23.1 Å². The van der Waals surface area contributed by atoms with Crippen LogP contribution in [0.5, 0.6) is 0 Å². The fraction of sp³-hybridized carbons (Fsp3) is 0.400. The van der Waals surface area contributed by atoms with Gasteiger partial charge in [-0.3, -0.25) is 0 Å². The quantitative estimate of drug-likeness (QED) is 0.252. The molecule has 1 aromatic carbocycles. The standard InChI is InChI=1S/C25H27N3OS2/c1-4-8-19-18-14-29-25(2,3)13-17(18)20-21-22(31-23(20)28-19)24(27-15-26-21)30-12-11-16-9-6-5-7-10-16/h5-7,9-10,15H,4,8,11-14H2,1-3H3. The van der Waals surface area contributed by atoms with E-state index >= 15 is 0 Å². The number of hydrogen-bond donors (Lipinski definition) is 0. The van der Waals surface area contributed by atoms with E-state index in [0.29, 0.717) is 6.61 Å². The van der Waals surface area contributed by atoms with Gasteiger partial charge in [-0.25, -0.2) is 15.0 Å². The number of nitrogens with zero attached hydrogens (tertiary/aromatic N) is 3. The normalized spacial score (nSPS) is 15.5. The molecule has 0 spiro atoms. The van der Waals surface area contributed by atoms with E-state index in [4.69, 9.17) is 14.7 Å². The van der Waals surface area contributed by atoms with Crippen LogP contribution in [0.25, 0.3) is 20.4 Å². The number of hydrogen-bond acceptors (Lipinski definition) is 6. The van der Waals surface area contributed by atoms with Gasteiger partial charge >= 0.3 is 0 Å². The summed E-state index contributed by atoms with van der Waals surface area (Å²) in [5.41, 5.74) is 6.11. The highest BCUT2D eigenvalue weighted by Gasteiger charge is 2.31. The molecule has 1 aliphatic rings. The zero-order chi connectivity index (χ0) is 21.4. The van der Waals surface area contributed by atoms with Crippen molar-refractivity contribution in [3.63, 3.8) is 0 Å². The summed E-state index contributed by atoms with van der Waals surface area (Å²) < 4.78 is 7.33. The van der Waals surface area contributed by atoms with Gasteiger partial charge in [0.1, 0.15) is 16.2 Å².